The van der Waals surface area contributed by atoms with Crippen LogP contribution in [-0.2, 0) is 0 Å². The zero-order chi connectivity index (χ0) is 14.9. The third kappa shape index (κ3) is 3.11. The first-order valence-electron chi connectivity index (χ1n) is 6.18. The lowest BCUT2D eigenvalue weighted by atomic mass is 10.1. The van der Waals surface area contributed by atoms with Crippen LogP contribution in [0.25, 0.3) is 0 Å². The molecule has 1 atom stereocenters. The maximum Gasteiger partial charge on any atom is 0.250 e. The molecule has 0 bridgehead atoms. The fourth-order valence-corrected chi connectivity index (χ4v) is 3.21. The summed E-state index contributed by atoms with van der Waals surface area (Å²) in [5, 5.41) is 4.74. The van der Waals surface area contributed by atoms with Crippen LogP contribution in [0.5, 0.6) is 0 Å². The number of nitrogens with two attached hydrogens (primary N) is 1. The van der Waals surface area contributed by atoms with Gasteiger partial charge in [-0.1, -0.05) is 11.6 Å². The minimum Gasteiger partial charge on any atom is -0.378 e. The summed E-state index contributed by atoms with van der Waals surface area (Å²) in [6.45, 7) is 6.04. The summed E-state index contributed by atoms with van der Waals surface area (Å²) >= 11 is 7.60. The Morgan fingerprint density at radius 2 is 2.15 bits per heavy atom. The van der Waals surface area contributed by atoms with Crippen LogP contribution in [0.3, 0.4) is 0 Å². The van der Waals surface area contributed by atoms with Gasteiger partial charge in [0, 0.05) is 10.6 Å². The number of nitrogens with one attached hydrogen (secondary N) is 1. The van der Waals surface area contributed by atoms with Crippen molar-refractivity contribution in [3.8, 4) is 0 Å². The van der Waals surface area contributed by atoms with Gasteiger partial charge in [-0.05, 0) is 39.0 Å². The van der Waals surface area contributed by atoms with E-state index in [9.17, 15) is 4.79 Å². The number of rotatable bonds is 4. The minimum absolute atomic E-state index is 0.100. The maximum absolute atomic E-state index is 11.3. The van der Waals surface area contributed by atoms with Crippen LogP contribution in [0, 0.1) is 13.8 Å². The van der Waals surface area contributed by atoms with Crippen molar-refractivity contribution in [2.45, 2.75) is 26.8 Å². The summed E-state index contributed by atoms with van der Waals surface area (Å²) < 4.78 is 0. The van der Waals surface area contributed by atoms with Crippen LogP contribution < -0.4 is 11.1 Å². The molecule has 0 aliphatic rings. The number of anilines is 1. The molecule has 0 aliphatic heterocycles. The normalized spacial score (nSPS) is 12.2. The van der Waals surface area contributed by atoms with Gasteiger partial charge in [0.2, 0.25) is 5.91 Å². The van der Waals surface area contributed by atoms with Gasteiger partial charge in [-0.15, -0.1) is 11.3 Å². The van der Waals surface area contributed by atoms with Crippen molar-refractivity contribution in [3.63, 3.8) is 0 Å². The molecule has 2 aromatic rings. The van der Waals surface area contributed by atoms with Gasteiger partial charge >= 0.3 is 0 Å². The molecule has 0 saturated carbocycles. The third-order valence-corrected chi connectivity index (χ3v) is 4.53. The van der Waals surface area contributed by atoms with Crippen molar-refractivity contribution in [2.24, 2.45) is 5.73 Å². The highest BCUT2D eigenvalue weighted by Gasteiger charge is 2.14. The molecule has 1 aromatic carbocycles. The second-order valence-electron chi connectivity index (χ2n) is 4.61. The number of amides is 1. The molecule has 1 unspecified atom stereocenters. The van der Waals surface area contributed by atoms with E-state index in [-0.39, 0.29) is 6.04 Å². The van der Waals surface area contributed by atoms with Gasteiger partial charge in [0.25, 0.3) is 0 Å². The highest BCUT2D eigenvalue weighted by atomic mass is 35.5. The van der Waals surface area contributed by atoms with Gasteiger partial charge in [0.05, 0.1) is 27.3 Å². The van der Waals surface area contributed by atoms with Gasteiger partial charge in [-0.2, -0.15) is 0 Å². The molecule has 0 radical (unpaired) electrons. The Kier molecular flexibility index (Phi) is 4.30. The quantitative estimate of drug-likeness (QED) is 0.905. The summed E-state index contributed by atoms with van der Waals surface area (Å²) in [5.74, 6) is -0.531. The molecule has 0 aliphatic carbocycles. The molecule has 3 N–H and O–H groups in total. The zero-order valence-electron chi connectivity index (χ0n) is 11.5. The fraction of sp³-hybridized carbons (Fsp3) is 0.286. The minimum atomic E-state index is -0.531. The van der Waals surface area contributed by atoms with Crippen molar-refractivity contribution in [3.05, 3.63) is 44.4 Å². The van der Waals surface area contributed by atoms with Crippen molar-refractivity contribution >= 4 is 34.5 Å². The largest absolute Gasteiger partial charge is 0.378 e. The smallest absolute Gasteiger partial charge is 0.250 e. The monoisotopic (exact) mass is 309 g/mol. The lowest BCUT2D eigenvalue weighted by molar-refractivity contribution is 0.100. The average molecular weight is 310 g/mol. The van der Waals surface area contributed by atoms with E-state index in [4.69, 9.17) is 17.3 Å². The summed E-state index contributed by atoms with van der Waals surface area (Å²) in [4.78, 5) is 16.9. The number of hydrogen-bond acceptors (Lipinski definition) is 4. The maximum atomic E-state index is 11.3. The highest BCUT2D eigenvalue weighted by Crippen LogP contribution is 2.28. The van der Waals surface area contributed by atoms with E-state index in [1.54, 1.807) is 23.5 Å². The van der Waals surface area contributed by atoms with Crippen LogP contribution in [0.4, 0.5) is 5.69 Å². The molecule has 2 rings (SSSR count). The number of carbonyl (C=O) groups excluding carboxylic acids is 1. The van der Waals surface area contributed by atoms with Gasteiger partial charge in [0.1, 0.15) is 0 Å². The molecule has 4 nitrogen and oxygen atoms in total. The second kappa shape index (κ2) is 5.81. The van der Waals surface area contributed by atoms with Crippen molar-refractivity contribution < 1.29 is 4.79 Å². The Hall–Kier alpha value is -1.59. The average Bonchev–Trinajstić information content (AvgIpc) is 2.70. The first kappa shape index (κ1) is 14.8. The molecular weight excluding hydrogens is 294 g/mol. The van der Waals surface area contributed by atoms with E-state index in [0.717, 1.165) is 16.4 Å². The molecular formula is C14H16ClN3OS. The highest BCUT2D eigenvalue weighted by molar-refractivity contribution is 7.11. The van der Waals surface area contributed by atoms with E-state index in [1.165, 1.54) is 4.88 Å². The predicted octanol–water partition coefficient (Wildman–Crippen LogP) is 3.69. The van der Waals surface area contributed by atoms with Crippen LogP contribution >= 0.6 is 22.9 Å². The van der Waals surface area contributed by atoms with Crippen LogP contribution in [0.1, 0.15) is 38.9 Å². The number of benzene rings is 1. The van der Waals surface area contributed by atoms with E-state index in [2.05, 4.69) is 17.2 Å². The number of hydrogen-bond donors (Lipinski definition) is 2. The van der Waals surface area contributed by atoms with Gasteiger partial charge in [-0.3, -0.25) is 4.79 Å². The first-order chi connectivity index (χ1) is 9.38. The van der Waals surface area contributed by atoms with Crippen molar-refractivity contribution in [1.82, 2.24) is 4.98 Å². The van der Waals surface area contributed by atoms with Crippen molar-refractivity contribution in [1.29, 1.82) is 0 Å². The fourth-order valence-electron chi connectivity index (χ4n) is 2.07. The number of halogens is 1. The molecule has 0 saturated heterocycles. The van der Waals surface area contributed by atoms with E-state index < -0.39 is 5.91 Å². The van der Waals surface area contributed by atoms with Crippen LogP contribution in [0.15, 0.2) is 18.2 Å². The Morgan fingerprint density at radius 3 is 2.70 bits per heavy atom. The number of primary amides is 1. The summed E-state index contributed by atoms with van der Waals surface area (Å²) in [5.41, 5.74) is 7.45. The summed E-state index contributed by atoms with van der Waals surface area (Å²) in [6.07, 6.45) is 0. The summed E-state index contributed by atoms with van der Waals surface area (Å²) in [6, 6.07) is 5.27. The number of aryl methyl sites for hydroxylation is 2. The molecule has 1 heterocycles. The SMILES string of the molecule is Cc1nc(C)c(C(C)Nc2ccc(Cl)c(C(N)=O)c2)s1. The van der Waals surface area contributed by atoms with Crippen molar-refractivity contribution in [2.75, 3.05) is 5.32 Å². The Labute approximate surface area is 127 Å². The Balaban J connectivity index is 2.24. The molecule has 6 heteroatoms. The van der Waals surface area contributed by atoms with Crippen LogP contribution in [-0.4, -0.2) is 10.9 Å². The standard InChI is InChI=1S/C14H16ClN3OS/c1-7-13(20-9(3)17-7)8(2)18-10-4-5-12(15)11(6-10)14(16)19/h4-6,8,18H,1-3H3,(H2,16,19). The summed E-state index contributed by atoms with van der Waals surface area (Å²) in [7, 11) is 0. The zero-order valence-corrected chi connectivity index (χ0v) is 13.1. The van der Waals surface area contributed by atoms with E-state index in [1.807, 2.05) is 19.9 Å². The molecule has 20 heavy (non-hydrogen) atoms. The molecule has 0 spiro atoms. The lowest BCUT2D eigenvalue weighted by Crippen LogP contribution is -2.13. The van der Waals surface area contributed by atoms with Crippen LogP contribution in [0.2, 0.25) is 5.02 Å². The topological polar surface area (TPSA) is 68.0 Å². The predicted molar refractivity (Wildman–Crippen MR) is 83.6 cm³/mol. The van der Waals surface area contributed by atoms with Gasteiger partial charge in [-0.25, -0.2) is 4.98 Å². The van der Waals surface area contributed by atoms with E-state index >= 15 is 0 Å². The van der Waals surface area contributed by atoms with E-state index in [0.29, 0.717) is 10.6 Å². The lowest BCUT2D eigenvalue weighted by Gasteiger charge is -2.15. The van der Waals surface area contributed by atoms with Gasteiger partial charge in [0.15, 0.2) is 0 Å². The first-order valence-corrected chi connectivity index (χ1v) is 7.37. The third-order valence-electron chi connectivity index (χ3n) is 2.95. The second-order valence-corrected chi connectivity index (χ2v) is 6.25. The Bertz CT molecular complexity index is 654. The molecule has 1 amide bonds. The molecule has 106 valence electrons. The van der Waals surface area contributed by atoms with Gasteiger partial charge < -0.3 is 11.1 Å². The molecule has 1 aromatic heterocycles. The number of carbonyl (C=O) groups is 1. The number of aromatic nitrogens is 1. The molecule has 0 fully saturated rings. The Morgan fingerprint density at radius 1 is 1.45 bits per heavy atom. The number of nitrogens with zero attached hydrogens (tertiary/aromatic N) is 1. The number of thiazole rings is 1.